The second kappa shape index (κ2) is 9.52. The van der Waals surface area contributed by atoms with Crippen molar-refractivity contribution in [3.05, 3.63) is 18.2 Å². The van der Waals surface area contributed by atoms with Gasteiger partial charge in [0.15, 0.2) is 0 Å². The molecule has 0 bridgehead atoms. The van der Waals surface area contributed by atoms with Gasteiger partial charge in [-0.2, -0.15) is 11.8 Å². The van der Waals surface area contributed by atoms with Gasteiger partial charge < -0.3 is 14.8 Å². The molecule has 1 saturated carbocycles. The number of fused-ring (bicyclic) bond motifs is 1. The fraction of sp³-hybridized carbons (Fsp3) is 0.571. The molecule has 3 amide bonds. The Morgan fingerprint density at radius 2 is 1.83 bits per heavy atom. The van der Waals surface area contributed by atoms with Crippen LogP contribution in [-0.2, 0) is 14.4 Å². The van der Waals surface area contributed by atoms with Gasteiger partial charge in [0.2, 0.25) is 17.7 Å². The standard InChI is InChI=1S/C21H28N2O5S/c1-27-13-8-9-18(28-2)16(12-13)22-19(24)17(10-11-29-3)23-20(25)14-6-4-5-7-15(14)21(23)26/h8-9,12,14-15,17H,4-7,10-11H2,1-3H3,(H,22,24). The van der Waals surface area contributed by atoms with Crippen LogP contribution in [-0.4, -0.2) is 54.9 Å². The summed E-state index contributed by atoms with van der Waals surface area (Å²) in [6, 6.07) is 4.27. The highest BCUT2D eigenvalue weighted by molar-refractivity contribution is 7.98. The molecule has 3 rings (SSSR count). The Balaban J connectivity index is 1.86. The average molecular weight is 421 g/mol. The minimum absolute atomic E-state index is 0.196. The molecule has 1 aliphatic carbocycles. The van der Waals surface area contributed by atoms with E-state index < -0.39 is 6.04 Å². The van der Waals surface area contributed by atoms with E-state index in [1.165, 1.54) is 19.1 Å². The smallest absolute Gasteiger partial charge is 0.247 e. The molecule has 0 aromatic heterocycles. The molecule has 1 aromatic carbocycles. The first-order chi connectivity index (χ1) is 14.0. The maximum absolute atomic E-state index is 13.2. The molecule has 0 spiro atoms. The Morgan fingerprint density at radius 1 is 1.17 bits per heavy atom. The topological polar surface area (TPSA) is 84.9 Å². The quantitative estimate of drug-likeness (QED) is 0.651. The van der Waals surface area contributed by atoms with Gasteiger partial charge in [0.05, 0.1) is 31.7 Å². The zero-order valence-electron chi connectivity index (χ0n) is 17.1. The summed E-state index contributed by atoms with van der Waals surface area (Å²) in [5.41, 5.74) is 0.447. The second-order valence-electron chi connectivity index (χ2n) is 7.40. The first-order valence-electron chi connectivity index (χ1n) is 9.90. The molecule has 1 aliphatic heterocycles. The highest BCUT2D eigenvalue weighted by Gasteiger charge is 2.51. The van der Waals surface area contributed by atoms with Gasteiger partial charge in [-0.25, -0.2) is 0 Å². The zero-order chi connectivity index (χ0) is 21.0. The molecule has 1 heterocycles. The number of anilines is 1. The summed E-state index contributed by atoms with van der Waals surface area (Å²) in [7, 11) is 3.05. The van der Waals surface area contributed by atoms with Crippen LogP contribution < -0.4 is 14.8 Å². The van der Waals surface area contributed by atoms with Crippen molar-refractivity contribution < 1.29 is 23.9 Å². The number of carbonyl (C=O) groups is 3. The van der Waals surface area contributed by atoms with Gasteiger partial charge in [0.25, 0.3) is 0 Å². The van der Waals surface area contributed by atoms with Crippen LogP contribution >= 0.6 is 11.8 Å². The fourth-order valence-corrected chi connectivity index (χ4v) is 4.69. The molecule has 29 heavy (non-hydrogen) atoms. The van der Waals surface area contributed by atoms with Crippen LogP contribution in [0, 0.1) is 11.8 Å². The third-order valence-electron chi connectivity index (χ3n) is 5.75. The number of nitrogens with zero attached hydrogens (tertiary/aromatic N) is 1. The maximum Gasteiger partial charge on any atom is 0.247 e. The highest BCUT2D eigenvalue weighted by Crippen LogP contribution is 2.39. The van der Waals surface area contributed by atoms with Crippen molar-refractivity contribution >= 4 is 35.2 Å². The number of carbonyl (C=O) groups excluding carboxylic acids is 3. The second-order valence-corrected chi connectivity index (χ2v) is 8.38. The lowest BCUT2D eigenvalue weighted by Gasteiger charge is -2.26. The minimum Gasteiger partial charge on any atom is -0.497 e. The summed E-state index contributed by atoms with van der Waals surface area (Å²) < 4.78 is 10.6. The Morgan fingerprint density at radius 3 is 2.38 bits per heavy atom. The minimum atomic E-state index is -0.830. The van der Waals surface area contributed by atoms with E-state index in [0.717, 1.165) is 25.7 Å². The van der Waals surface area contributed by atoms with Gasteiger partial charge in [-0.15, -0.1) is 0 Å². The van der Waals surface area contributed by atoms with E-state index in [4.69, 9.17) is 9.47 Å². The highest BCUT2D eigenvalue weighted by atomic mass is 32.2. The summed E-state index contributed by atoms with van der Waals surface area (Å²) in [5, 5.41) is 2.85. The van der Waals surface area contributed by atoms with Gasteiger partial charge >= 0.3 is 0 Å². The van der Waals surface area contributed by atoms with Crippen molar-refractivity contribution in [2.45, 2.75) is 38.1 Å². The first-order valence-corrected chi connectivity index (χ1v) is 11.3. The lowest BCUT2D eigenvalue weighted by molar-refractivity contribution is -0.146. The number of hydrogen-bond acceptors (Lipinski definition) is 6. The Bertz CT molecular complexity index is 760. The summed E-state index contributed by atoms with van der Waals surface area (Å²) >= 11 is 1.58. The van der Waals surface area contributed by atoms with Crippen LogP contribution in [0.1, 0.15) is 32.1 Å². The van der Waals surface area contributed by atoms with Crippen molar-refractivity contribution in [2.75, 3.05) is 31.5 Å². The third-order valence-corrected chi connectivity index (χ3v) is 6.39. The number of nitrogens with one attached hydrogen (secondary N) is 1. The number of benzene rings is 1. The first kappa shape index (κ1) is 21.5. The normalized spacial score (nSPS) is 22.2. The molecule has 3 atom stereocenters. The number of thioether (sulfide) groups is 1. The fourth-order valence-electron chi connectivity index (χ4n) is 4.23. The number of hydrogen-bond donors (Lipinski definition) is 1. The molecular weight excluding hydrogens is 392 g/mol. The van der Waals surface area contributed by atoms with Crippen molar-refractivity contribution in [2.24, 2.45) is 11.8 Å². The van der Waals surface area contributed by atoms with E-state index in [2.05, 4.69) is 5.32 Å². The molecule has 1 aromatic rings. The van der Waals surface area contributed by atoms with Crippen LogP contribution in [0.4, 0.5) is 5.69 Å². The number of ether oxygens (including phenoxy) is 2. The van der Waals surface area contributed by atoms with Gasteiger partial charge in [0, 0.05) is 6.07 Å². The van der Waals surface area contributed by atoms with Crippen molar-refractivity contribution in [3.8, 4) is 11.5 Å². The molecule has 2 aliphatic rings. The van der Waals surface area contributed by atoms with Gasteiger partial charge in [-0.3, -0.25) is 19.3 Å². The van der Waals surface area contributed by atoms with Crippen LogP contribution in [0.2, 0.25) is 0 Å². The predicted molar refractivity (Wildman–Crippen MR) is 112 cm³/mol. The molecule has 2 fully saturated rings. The van der Waals surface area contributed by atoms with E-state index in [9.17, 15) is 14.4 Å². The largest absolute Gasteiger partial charge is 0.497 e. The van der Waals surface area contributed by atoms with Crippen LogP contribution in [0.15, 0.2) is 18.2 Å². The summed E-state index contributed by atoms with van der Waals surface area (Å²) in [5.74, 6) is 0.402. The van der Waals surface area contributed by atoms with Crippen LogP contribution in [0.5, 0.6) is 11.5 Å². The van der Waals surface area contributed by atoms with E-state index in [-0.39, 0.29) is 29.6 Å². The van der Waals surface area contributed by atoms with Gasteiger partial charge in [0.1, 0.15) is 17.5 Å². The average Bonchev–Trinajstić information content (AvgIpc) is 2.99. The molecule has 1 saturated heterocycles. The monoisotopic (exact) mass is 420 g/mol. The Labute approximate surface area is 175 Å². The molecule has 1 N–H and O–H groups in total. The summed E-state index contributed by atoms with van der Waals surface area (Å²) in [6.45, 7) is 0. The van der Waals surface area contributed by atoms with Crippen molar-refractivity contribution in [1.29, 1.82) is 0 Å². The van der Waals surface area contributed by atoms with E-state index in [1.807, 2.05) is 6.26 Å². The van der Waals surface area contributed by atoms with Crippen molar-refractivity contribution in [3.63, 3.8) is 0 Å². The number of amides is 3. The molecule has 0 radical (unpaired) electrons. The third kappa shape index (κ3) is 4.37. The molecule has 158 valence electrons. The Kier molecular flexibility index (Phi) is 7.05. The maximum atomic E-state index is 13.2. The number of likely N-dealkylation sites (tertiary alicyclic amines) is 1. The molecule has 3 unspecified atom stereocenters. The number of methoxy groups -OCH3 is 2. The Hall–Kier alpha value is -2.22. The lowest BCUT2D eigenvalue weighted by atomic mass is 9.81. The van der Waals surface area contributed by atoms with Crippen molar-refractivity contribution in [1.82, 2.24) is 4.90 Å². The van der Waals surface area contributed by atoms with Gasteiger partial charge in [-0.1, -0.05) is 12.8 Å². The van der Waals surface area contributed by atoms with E-state index >= 15 is 0 Å². The summed E-state index contributed by atoms with van der Waals surface area (Å²) in [6.07, 6.45) is 5.72. The zero-order valence-corrected chi connectivity index (χ0v) is 17.9. The SMILES string of the molecule is COc1ccc(OC)c(NC(=O)C(CCSC)N2C(=O)C3CCCCC3C2=O)c1. The molecular formula is C21H28N2O5S. The number of rotatable bonds is 8. The lowest BCUT2D eigenvalue weighted by Crippen LogP contribution is -2.48. The van der Waals surface area contributed by atoms with Crippen LogP contribution in [0.25, 0.3) is 0 Å². The van der Waals surface area contributed by atoms with E-state index in [0.29, 0.717) is 29.4 Å². The predicted octanol–water partition coefficient (Wildman–Crippen LogP) is 2.94. The van der Waals surface area contributed by atoms with Crippen LogP contribution in [0.3, 0.4) is 0 Å². The summed E-state index contributed by atoms with van der Waals surface area (Å²) in [4.78, 5) is 40.5. The van der Waals surface area contributed by atoms with E-state index in [1.54, 1.807) is 30.0 Å². The number of imide groups is 1. The van der Waals surface area contributed by atoms with Gasteiger partial charge in [-0.05, 0) is 43.4 Å². The molecule has 7 nitrogen and oxygen atoms in total. The molecule has 8 heteroatoms.